The van der Waals surface area contributed by atoms with Gasteiger partial charge in [-0.25, -0.2) is 14.4 Å². The lowest BCUT2D eigenvalue weighted by molar-refractivity contribution is 0.0488. The molecule has 23 nitrogen and oxygen atoms in total. The third-order valence-corrected chi connectivity index (χ3v) is 16.1. The number of amides is 3. The number of nitrogens with one attached hydrogen (secondary N) is 3. The smallest absolute Gasteiger partial charge is 0.407 e. The summed E-state index contributed by atoms with van der Waals surface area (Å²) in [6.45, 7) is 14.1. The van der Waals surface area contributed by atoms with Gasteiger partial charge >= 0.3 is 38.6 Å². The molecule has 0 bridgehead atoms. The number of methoxy groups -OCH3 is 1. The van der Waals surface area contributed by atoms with E-state index in [-0.39, 0.29) is 79.3 Å². The zero-order valence-corrected chi connectivity index (χ0v) is 48.9. The SMILES string of the molecule is CN(C)S(=O)(=O)n1nc(C(=O)O)c(Cc2ccccc2Cl)c1N1CCC[C@@H](NC(=O)OC(C)(C)C)C1.COC(C)CNC(=O)c1nn(S(=O)(=O)N(C)C)c(N2CCC[C@@H](NC(=O)OC(C)(C)C)C2)c1Cc1ccccc1Cl. The lowest BCUT2D eigenvalue weighted by Gasteiger charge is -2.35. The molecule has 2 aromatic carbocycles. The van der Waals surface area contributed by atoms with Crippen LogP contribution in [0.15, 0.2) is 48.5 Å². The normalized spacial score (nSPS) is 16.8. The van der Waals surface area contributed by atoms with Crippen molar-refractivity contribution in [3.8, 4) is 0 Å². The molecule has 4 aromatic rings. The van der Waals surface area contributed by atoms with Crippen molar-refractivity contribution in [2.75, 3.05) is 77.8 Å². The number of alkyl carbamates (subject to hydrolysis) is 2. The fraction of sp³-hybridized carbons (Fsp3) is 0.560. The maximum absolute atomic E-state index is 13.6. The number of nitrogens with zero attached hydrogens (tertiary/aromatic N) is 8. The zero-order chi connectivity index (χ0) is 57.4. The van der Waals surface area contributed by atoms with E-state index in [1.54, 1.807) is 89.8 Å². The molecule has 1 unspecified atom stereocenters. The highest BCUT2D eigenvalue weighted by Gasteiger charge is 2.38. The Balaban J connectivity index is 0.000000286. The molecular weight excluding hydrogens is 1080 g/mol. The fourth-order valence-corrected chi connectivity index (χ4v) is 10.6. The molecule has 426 valence electrons. The predicted octanol–water partition coefficient (Wildman–Crippen LogP) is 6.01. The third kappa shape index (κ3) is 16.4. The average molecular weight is 1160 g/mol. The van der Waals surface area contributed by atoms with Gasteiger partial charge < -0.3 is 45.1 Å². The first kappa shape index (κ1) is 62.1. The number of carbonyl (C=O) groups is 4. The fourth-order valence-electron chi connectivity index (χ4n) is 8.37. The Bertz CT molecular complexity index is 2970. The van der Waals surface area contributed by atoms with Crippen molar-refractivity contribution in [2.24, 2.45) is 0 Å². The van der Waals surface area contributed by atoms with E-state index >= 15 is 0 Å². The molecule has 2 fully saturated rings. The van der Waals surface area contributed by atoms with Gasteiger partial charge in [0.05, 0.1) is 6.10 Å². The highest BCUT2D eigenvalue weighted by Crippen LogP contribution is 2.35. The Kier molecular flexibility index (Phi) is 20.9. The summed E-state index contributed by atoms with van der Waals surface area (Å²) in [7, 11) is -1.29. The second kappa shape index (κ2) is 25.8. The number of carboxylic acid groups (broad SMARTS) is 1. The van der Waals surface area contributed by atoms with Crippen molar-refractivity contribution < 1.29 is 55.3 Å². The van der Waals surface area contributed by atoms with Crippen LogP contribution in [-0.2, 0) is 47.5 Å². The maximum atomic E-state index is 13.6. The van der Waals surface area contributed by atoms with Crippen LogP contribution in [0.4, 0.5) is 21.2 Å². The predicted molar refractivity (Wildman–Crippen MR) is 294 cm³/mol. The molecule has 4 heterocycles. The number of hydrogen-bond acceptors (Lipinski definition) is 15. The number of aromatic carboxylic acids is 1. The summed E-state index contributed by atoms with van der Waals surface area (Å²) in [5.41, 5.74) is 0.218. The van der Waals surface area contributed by atoms with Gasteiger partial charge in [-0.15, -0.1) is 18.4 Å². The monoisotopic (exact) mass is 1150 g/mol. The number of anilines is 2. The highest BCUT2D eigenvalue weighted by molar-refractivity contribution is 7.87. The maximum Gasteiger partial charge on any atom is 0.407 e. The largest absolute Gasteiger partial charge is 0.476 e. The molecule has 0 radical (unpaired) electrons. The molecule has 2 aliphatic heterocycles. The summed E-state index contributed by atoms with van der Waals surface area (Å²) in [5, 5.41) is 27.8. The van der Waals surface area contributed by atoms with Crippen molar-refractivity contribution in [2.45, 2.75) is 116 Å². The number of benzene rings is 2. The molecular formula is C50H73Cl2N11O12S2. The standard InChI is InChI=1S/C27H41ClN6O6S.C23H32ClN5O6S/c1-18(39-7)16-29-24(35)23-21(15-19-11-8-9-13-22(19)28)25(34(31-23)41(37,38)32(5)6)33-14-10-12-20(17-33)30-26(36)40-27(2,3)4;1-23(2,3)35-22(32)25-16-10-8-12-28(14-16)20-17(13-15-9-6-7-11-18(15)24)19(21(30)31)26-29(20)36(33,34)27(4)5/h8-9,11,13,18,20H,10,12,14-17H2,1-7H3,(H,29,35)(H,30,36);6-7,9,11,16H,8,10,12-14H2,1-5H3,(H,25,32)(H,30,31)/t18?,20-;16-/m11/s1. The molecule has 4 N–H and O–H groups in total. The van der Waals surface area contributed by atoms with Crippen LogP contribution in [0.1, 0.15) is 117 Å². The summed E-state index contributed by atoms with van der Waals surface area (Å²) in [4.78, 5) is 54.1. The van der Waals surface area contributed by atoms with Gasteiger partial charge in [0, 0.05) is 114 Å². The second-order valence-electron chi connectivity index (χ2n) is 21.0. The zero-order valence-electron chi connectivity index (χ0n) is 45.7. The van der Waals surface area contributed by atoms with Crippen molar-refractivity contribution in [1.82, 2.24) is 42.9 Å². The van der Waals surface area contributed by atoms with E-state index in [0.29, 0.717) is 65.5 Å². The van der Waals surface area contributed by atoms with Crippen LogP contribution in [0.3, 0.4) is 0 Å². The van der Waals surface area contributed by atoms with Crippen LogP contribution >= 0.6 is 23.2 Å². The van der Waals surface area contributed by atoms with Crippen LogP contribution in [0, 0.1) is 0 Å². The van der Waals surface area contributed by atoms with Crippen LogP contribution in [0.2, 0.25) is 10.0 Å². The van der Waals surface area contributed by atoms with Crippen LogP contribution < -0.4 is 25.8 Å². The molecule has 3 atom stereocenters. The van der Waals surface area contributed by atoms with Gasteiger partial charge in [-0.1, -0.05) is 59.6 Å². The number of aromatic nitrogens is 4. The first-order valence-electron chi connectivity index (χ1n) is 24.9. The molecule has 27 heteroatoms. The molecule has 2 saturated heterocycles. The lowest BCUT2D eigenvalue weighted by atomic mass is 10.0. The van der Waals surface area contributed by atoms with Crippen LogP contribution in [-0.4, -0.2) is 170 Å². The Morgan fingerprint density at radius 1 is 0.701 bits per heavy atom. The number of rotatable bonds is 17. The number of carbonyl (C=O) groups excluding carboxylic acids is 3. The number of halogens is 2. The third-order valence-electron chi connectivity index (χ3n) is 12.1. The highest BCUT2D eigenvalue weighted by atomic mass is 35.5. The van der Waals surface area contributed by atoms with E-state index in [9.17, 15) is 41.1 Å². The Labute approximate surface area is 461 Å². The van der Waals surface area contributed by atoms with Crippen molar-refractivity contribution in [1.29, 1.82) is 0 Å². The number of ether oxygens (including phenoxy) is 3. The van der Waals surface area contributed by atoms with E-state index in [4.69, 9.17) is 37.4 Å². The quantitative estimate of drug-likeness (QED) is 0.0942. The lowest BCUT2D eigenvalue weighted by Crippen LogP contribution is -2.50. The minimum Gasteiger partial charge on any atom is -0.476 e. The summed E-state index contributed by atoms with van der Waals surface area (Å²) < 4.78 is 73.3. The van der Waals surface area contributed by atoms with Crippen molar-refractivity contribution in [3.05, 3.63) is 92.2 Å². The van der Waals surface area contributed by atoms with Gasteiger partial charge in [-0.3, -0.25) is 4.79 Å². The summed E-state index contributed by atoms with van der Waals surface area (Å²) in [5.74, 6) is -1.51. The molecule has 3 amide bonds. The van der Waals surface area contributed by atoms with Gasteiger partial charge in [0.25, 0.3) is 5.91 Å². The molecule has 0 aliphatic carbocycles. The van der Waals surface area contributed by atoms with E-state index < -0.39 is 55.7 Å². The summed E-state index contributed by atoms with van der Waals surface area (Å²) in [6, 6.07) is 13.5. The number of piperidine rings is 2. The molecule has 6 rings (SSSR count). The van der Waals surface area contributed by atoms with Gasteiger partial charge in [0.1, 0.15) is 22.8 Å². The average Bonchev–Trinajstić information content (AvgIpc) is 3.94. The van der Waals surface area contributed by atoms with Crippen molar-refractivity contribution >= 4 is 79.3 Å². The summed E-state index contributed by atoms with van der Waals surface area (Å²) >= 11 is 12.8. The van der Waals surface area contributed by atoms with Crippen LogP contribution in [0.5, 0.6) is 0 Å². The molecule has 0 spiro atoms. The summed E-state index contributed by atoms with van der Waals surface area (Å²) in [6.07, 6.45) is 1.42. The topological polar surface area (TPSA) is 269 Å². The Hall–Kier alpha value is -5.70. The minimum atomic E-state index is -4.17. The molecule has 0 saturated carbocycles. The van der Waals surface area contributed by atoms with E-state index in [1.807, 2.05) is 17.0 Å². The van der Waals surface area contributed by atoms with Gasteiger partial charge in [-0.05, 0) is 97.4 Å². The second-order valence-corrected chi connectivity index (χ2v) is 25.8. The van der Waals surface area contributed by atoms with Gasteiger partial charge in [-0.2, -0.15) is 25.4 Å². The molecule has 77 heavy (non-hydrogen) atoms. The Morgan fingerprint density at radius 3 is 1.45 bits per heavy atom. The van der Waals surface area contributed by atoms with Crippen LogP contribution in [0.25, 0.3) is 0 Å². The Morgan fingerprint density at radius 2 is 1.09 bits per heavy atom. The first-order chi connectivity index (χ1) is 35.8. The van der Waals surface area contributed by atoms with E-state index in [0.717, 1.165) is 16.8 Å². The minimum absolute atomic E-state index is 0.0316. The first-order valence-corrected chi connectivity index (χ1v) is 28.5. The van der Waals surface area contributed by atoms with E-state index in [2.05, 4.69) is 26.1 Å². The molecule has 2 aromatic heterocycles. The molecule has 2 aliphatic rings. The van der Waals surface area contributed by atoms with Crippen molar-refractivity contribution in [3.63, 3.8) is 0 Å². The number of hydrogen-bond donors (Lipinski definition) is 4. The van der Waals surface area contributed by atoms with E-state index in [1.165, 1.54) is 35.3 Å². The van der Waals surface area contributed by atoms with Gasteiger partial charge in [0.2, 0.25) is 0 Å². The van der Waals surface area contributed by atoms with Gasteiger partial charge in [0.15, 0.2) is 11.4 Å². The number of carboxylic acids is 1.